The van der Waals surface area contributed by atoms with Crippen molar-refractivity contribution in [2.45, 2.75) is 52.4 Å². The van der Waals surface area contributed by atoms with Crippen molar-refractivity contribution in [3.05, 3.63) is 106 Å². The average Bonchev–Trinajstić information content (AvgIpc) is 3.44. The van der Waals surface area contributed by atoms with Gasteiger partial charge < -0.3 is 9.32 Å². The molecule has 0 bridgehead atoms. The number of fused-ring (bicyclic) bond motifs is 3. The summed E-state index contributed by atoms with van der Waals surface area (Å²) in [6, 6.07) is 27.7. The van der Waals surface area contributed by atoms with Gasteiger partial charge in [0.1, 0.15) is 11.2 Å². The third-order valence-corrected chi connectivity index (χ3v) is 8.00. The van der Waals surface area contributed by atoms with Crippen LogP contribution in [-0.2, 0) is 10.8 Å². The van der Waals surface area contributed by atoms with Crippen LogP contribution in [0, 0.1) is 17.9 Å². The van der Waals surface area contributed by atoms with Gasteiger partial charge in [-0.1, -0.05) is 65.8 Å². The molecule has 0 saturated heterocycles. The predicted octanol–water partition coefficient (Wildman–Crippen LogP) is 10.5. The van der Waals surface area contributed by atoms with Crippen LogP contribution in [0.15, 0.2) is 82.9 Å². The number of hydrogen-bond acceptors (Lipinski definition) is 4. The number of rotatable bonds is 4. The number of nitrogens with zero attached hydrogens (tertiary/aromatic N) is 3. The molecule has 0 radical (unpaired) electrons. The molecule has 0 N–H and O–H groups in total. The maximum atomic E-state index is 9.11. The minimum absolute atomic E-state index is 0.0658. The molecule has 5 rings (SSSR count). The SMILES string of the molecule is [C-]#[N+]/C(C#N)=C\c1cc2oc3cc(N(c4ccc(C(C)(C)C)cc4)c4ccc(C(C)(C)C)cc4)ccc3c2s1. The fourth-order valence-corrected chi connectivity index (χ4v) is 5.71. The molecule has 5 aromatic rings. The lowest BCUT2D eigenvalue weighted by Gasteiger charge is -2.28. The highest BCUT2D eigenvalue weighted by molar-refractivity contribution is 7.20. The Morgan fingerprint density at radius 2 is 1.36 bits per heavy atom. The maximum absolute atomic E-state index is 9.11. The van der Waals surface area contributed by atoms with E-state index in [1.54, 1.807) is 6.08 Å². The van der Waals surface area contributed by atoms with Crippen LogP contribution in [-0.4, -0.2) is 0 Å². The van der Waals surface area contributed by atoms with Crippen molar-refractivity contribution in [2.75, 3.05) is 4.90 Å². The number of benzene rings is 3. The molecule has 0 aliphatic carbocycles. The van der Waals surface area contributed by atoms with Gasteiger partial charge in [-0.25, -0.2) is 10.1 Å². The summed E-state index contributed by atoms with van der Waals surface area (Å²) >= 11 is 1.53. The summed E-state index contributed by atoms with van der Waals surface area (Å²) in [5.41, 5.74) is 7.53. The molecule has 0 fully saturated rings. The van der Waals surface area contributed by atoms with Crippen LogP contribution in [0.3, 0.4) is 0 Å². The first-order valence-electron chi connectivity index (χ1n) is 12.9. The van der Waals surface area contributed by atoms with Gasteiger partial charge >= 0.3 is 0 Å². The summed E-state index contributed by atoms with van der Waals surface area (Å²) in [6.45, 7) is 20.5. The van der Waals surface area contributed by atoms with Crippen molar-refractivity contribution in [3.63, 3.8) is 0 Å². The fraction of sp³-hybridized carbons (Fsp3) is 0.235. The second-order valence-corrected chi connectivity index (χ2v) is 12.9. The van der Waals surface area contributed by atoms with E-state index >= 15 is 0 Å². The van der Waals surface area contributed by atoms with Crippen LogP contribution in [0.1, 0.15) is 57.5 Å². The van der Waals surface area contributed by atoms with Gasteiger partial charge in [-0.05, 0) is 70.5 Å². The van der Waals surface area contributed by atoms with Crippen LogP contribution >= 0.6 is 11.3 Å². The monoisotopic (exact) mass is 529 g/mol. The molecule has 0 amide bonds. The summed E-state index contributed by atoms with van der Waals surface area (Å²) in [5.74, 6) is 0. The number of anilines is 3. The quantitative estimate of drug-likeness (QED) is 0.172. The Kier molecular flexibility index (Phi) is 6.59. The van der Waals surface area contributed by atoms with E-state index in [4.69, 9.17) is 16.3 Å². The highest BCUT2D eigenvalue weighted by Gasteiger charge is 2.20. The van der Waals surface area contributed by atoms with Gasteiger partial charge in [-0.3, -0.25) is 0 Å². The molecule has 0 unspecified atom stereocenters. The van der Waals surface area contributed by atoms with Crippen molar-refractivity contribution in [1.29, 1.82) is 5.26 Å². The average molecular weight is 530 g/mol. The molecule has 39 heavy (non-hydrogen) atoms. The second-order valence-electron chi connectivity index (χ2n) is 11.8. The van der Waals surface area contributed by atoms with E-state index in [0.29, 0.717) is 0 Å². The highest BCUT2D eigenvalue weighted by Crippen LogP contribution is 2.41. The maximum Gasteiger partial charge on any atom is 0.263 e. The molecular weight excluding hydrogens is 498 g/mol. The Balaban J connectivity index is 1.61. The summed E-state index contributed by atoms with van der Waals surface area (Å²) < 4.78 is 7.28. The van der Waals surface area contributed by atoms with Crippen LogP contribution in [0.4, 0.5) is 17.1 Å². The van der Waals surface area contributed by atoms with E-state index in [2.05, 4.69) is 118 Å². The minimum Gasteiger partial charge on any atom is -0.455 e. The Morgan fingerprint density at radius 1 is 0.821 bits per heavy atom. The lowest BCUT2D eigenvalue weighted by molar-refractivity contribution is 0.590. The summed E-state index contributed by atoms with van der Waals surface area (Å²) in [7, 11) is 0. The van der Waals surface area contributed by atoms with Crippen molar-refractivity contribution in [2.24, 2.45) is 0 Å². The third kappa shape index (κ3) is 5.19. The molecule has 5 heteroatoms. The highest BCUT2D eigenvalue weighted by atomic mass is 32.1. The molecule has 0 saturated carbocycles. The van der Waals surface area contributed by atoms with E-state index in [0.717, 1.165) is 43.2 Å². The summed E-state index contributed by atoms with van der Waals surface area (Å²) in [4.78, 5) is 6.36. The van der Waals surface area contributed by atoms with Crippen molar-refractivity contribution >= 4 is 55.7 Å². The molecule has 0 atom stereocenters. The van der Waals surface area contributed by atoms with E-state index in [1.165, 1.54) is 22.5 Å². The minimum atomic E-state index is 0.0658. The third-order valence-electron chi connectivity index (χ3n) is 6.90. The molecule has 2 heterocycles. The smallest absolute Gasteiger partial charge is 0.263 e. The van der Waals surface area contributed by atoms with Gasteiger partial charge in [0.05, 0.1) is 17.3 Å². The number of hydrogen-bond donors (Lipinski definition) is 0. The van der Waals surface area contributed by atoms with Gasteiger partial charge in [0.2, 0.25) is 0 Å². The van der Waals surface area contributed by atoms with Crippen molar-refractivity contribution in [3.8, 4) is 6.07 Å². The molecule has 194 valence electrons. The number of furan rings is 1. The molecule has 0 spiro atoms. The first kappa shape index (κ1) is 26.3. The van der Waals surface area contributed by atoms with Gasteiger partial charge in [0.25, 0.3) is 5.70 Å². The first-order valence-corrected chi connectivity index (χ1v) is 13.8. The molecule has 0 aliphatic heterocycles. The van der Waals surface area contributed by atoms with Crippen LogP contribution in [0.2, 0.25) is 0 Å². The molecule has 2 aromatic heterocycles. The molecule has 3 aromatic carbocycles. The number of thiophene rings is 1. The van der Waals surface area contributed by atoms with Gasteiger partial charge in [0.15, 0.2) is 0 Å². The van der Waals surface area contributed by atoms with Gasteiger partial charge in [-0.15, -0.1) is 11.3 Å². The predicted molar refractivity (Wildman–Crippen MR) is 164 cm³/mol. The van der Waals surface area contributed by atoms with E-state index < -0.39 is 0 Å². The Bertz CT molecular complexity index is 1700. The lowest BCUT2D eigenvalue weighted by Crippen LogP contribution is -2.14. The Hall–Kier alpha value is -4.32. The number of nitriles is 1. The molecule has 0 aliphatic rings. The zero-order valence-electron chi connectivity index (χ0n) is 23.2. The van der Waals surface area contributed by atoms with Gasteiger partial charge in [0, 0.05) is 33.4 Å². The van der Waals surface area contributed by atoms with E-state index in [-0.39, 0.29) is 16.5 Å². The molecular formula is C34H31N3OS. The van der Waals surface area contributed by atoms with Crippen molar-refractivity contribution in [1.82, 2.24) is 0 Å². The zero-order valence-corrected chi connectivity index (χ0v) is 24.0. The summed E-state index contributed by atoms with van der Waals surface area (Å²) in [5, 5.41) is 10.1. The fourth-order valence-electron chi connectivity index (χ4n) is 4.66. The van der Waals surface area contributed by atoms with E-state index in [9.17, 15) is 0 Å². The topological polar surface area (TPSA) is 44.5 Å². The molecule has 4 nitrogen and oxygen atoms in total. The lowest BCUT2D eigenvalue weighted by atomic mass is 9.86. The Morgan fingerprint density at radius 3 is 1.85 bits per heavy atom. The van der Waals surface area contributed by atoms with Crippen LogP contribution < -0.4 is 4.90 Å². The largest absolute Gasteiger partial charge is 0.455 e. The van der Waals surface area contributed by atoms with Gasteiger partial charge in [-0.2, -0.15) is 0 Å². The zero-order chi connectivity index (χ0) is 27.9. The van der Waals surface area contributed by atoms with Crippen LogP contribution in [0.25, 0.3) is 32.2 Å². The normalized spacial score (nSPS) is 12.5. The van der Waals surface area contributed by atoms with Crippen molar-refractivity contribution < 1.29 is 4.42 Å². The van der Waals surface area contributed by atoms with E-state index in [1.807, 2.05) is 12.1 Å². The number of allylic oxidation sites excluding steroid dienone is 1. The van der Waals surface area contributed by atoms with Crippen LogP contribution in [0.5, 0.6) is 0 Å². The second kappa shape index (κ2) is 9.77. The Labute approximate surface area is 234 Å². The first-order chi connectivity index (χ1) is 18.5. The standard InChI is InChI=1S/C34H31N3OS/c1-33(2,3)22-8-12-25(13-9-22)37(26-14-10-23(11-15-26)34(4,5)6)27-16-17-29-30(19-27)38-31-20-28(39-32(29)31)18-24(21-35)36-7/h8-20H,1-6H3/b24-18-. The summed E-state index contributed by atoms with van der Waals surface area (Å²) in [6.07, 6.45) is 1.61.